The summed E-state index contributed by atoms with van der Waals surface area (Å²) in [7, 11) is 0. The number of amides is 1. The highest BCUT2D eigenvalue weighted by Crippen LogP contribution is 2.21. The maximum absolute atomic E-state index is 11.1. The number of anilines is 1. The lowest BCUT2D eigenvalue weighted by Gasteiger charge is -2.35. The molecule has 0 N–H and O–H groups in total. The average molecular weight is 304 g/mol. The van der Waals surface area contributed by atoms with Crippen LogP contribution >= 0.6 is 27.5 Å². The first kappa shape index (κ1) is 11.7. The van der Waals surface area contributed by atoms with Gasteiger partial charge in [0.2, 0.25) is 0 Å². The molecule has 0 saturated carbocycles. The number of hydrogen-bond donors (Lipinski definition) is 0. The van der Waals surface area contributed by atoms with Crippen molar-refractivity contribution in [3.05, 3.63) is 29.3 Å². The molecule has 0 unspecified atom stereocenters. The summed E-state index contributed by atoms with van der Waals surface area (Å²) in [6.07, 6.45) is 0. The van der Waals surface area contributed by atoms with Gasteiger partial charge < -0.3 is 9.80 Å². The fraction of sp³-hybridized carbons (Fsp3) is 0.364. The monoisotopic (exact) mass is 302 g/mol. The van der Waals surface area contributed by atoms with Crippen molar-refractivity contribution < 1.29 is 4.79 Å². The van der Waals surface area contributed by atoms with Crippen LogP contribution in [-0.2, 0) is 0 Å². The molecule has 1 fully saturated rings. The van der Waals surface area contributed by atoms with Gasteiger partial charge in [0.05, 0.1) is 0 Å². The first-order chi connectivity index (χ1) is 7.66. The molecule has 0 spiro atoms. The van der Waals surface area contributed by atoms with Crippen LogP contribution in [0.1, 0.15) is 0 Å². The zero-order valence-electron chi connectivity index (χ0n) is 8.70. The quantitative estimate of drug-likeness (QED) is 0.588. The van der Waals surface area contributed by atoms with E-state index in [0.717, 1.165) is 36.9 Å². The smallest absolute Gasteiger partial charge is 0.289 e. The largest absolute Gasteiger partial charge is 0.368 e. The average Bonchev–Trinajstić information content (AvgIpc) is 2.29. The van der Waals surface area contributed by atoms with E-state index in [4.69, 9.17) is 11.6 Å². The van der Waals surface area contributed by atoms with E-state index in [0.29, 0.717) is 0 Å². The van der Waals surface area contributed by atoms with Gasteiger partial charge in [0.25, 0.3) is 4.82 Å². The molecule has 1 aromatic rings. The van der Waals surface area contributed by atoms with E-state index in [1.54, 1.807) is 4.90 Å². The summed E-state index contributed by atoms with van der Waals surface area (Å²) in [6.45, 7) is 3.18. The van der Waals surface area contributed by atoms with Crippen LogP contribution in [0.5, 0.6) is 0 Å². The number of rotatable bonds is 1. The van der Waals surface area contributed by atoms with Crippen molar-refractivity contribution in [2.75, 3.05) is 31.1 Å². The van der Waals surface area contributed by atoms with Crippen molar-refractivity contribution in [2.24, 2.45) is 0 Å². The lowest BCUT2D eigenvalue weighted by molar-refractivity contribution is 0.221. The fourth-order valence-electron chi connectivity index (χ4n) is 1.81. The Hall–Kier alpha value is -0.740. The minimum absolute atomic E-state index is 0.0294. The van der Waals surface area contributed by atoms with Gasteiger partial charge in [-0.3, -0.25) is 4.79 Å². The normalized spacial score (nSPS) is 16.4. The Labute approximate surface area is 108 Å². The van der Waals surface area contributed by atoms with Crippen LogP contribution in [0.3, 0.4) is 0 Å². The fourth-order valence-corrected chi connectivity index (χ4v) is 2.35. The molecule has 86 valence electrons. The molecule has 0 atom stereocenters. The third kappa shape index (κ3) is 2.68. The number of benzene rings is 1. The number of carbonyl (C=O) groups is 1. The predicted molar refractivity (Wildman–Crippen MR) is 69.6 cm³/mol. The minimum atomic E-state index is -0.0294. The van der Waals surface area contributed by atoms with Crippen molar-refractivity contribution in [1.29, 1.82) is 0 Å². The standard InChI is InChI=1S/C11H12BrClN2O/c12-11(16)15-6-4-14(5-7-15)10-3-1-2-9(13)8-10/h1-3,8H,4-7H2. The summed E-state index contributed by atoms with van der Waals surface area (Å²) < 4.78 is 0. The molecule has 1 heterocycles. The molecule has 0 radical (unpaired) electrons. The van der Waals surface area contributed by atoms with Gasteiger partial charge in [-0.15, -0.1) is 0 Å². The number of nitrogens with zero attached hydrogens (tertiary/aromatic N) is 2. The van der Waals surface area contributed by atoms with Crippen LogP contribution in [0.2, 0.25) is 5.02 Å². The van der Waals surface area contributed by atoms with Gasteiger partial charge in [-0.2, -0.15) is 0 Å². The van der Waals surface area contributed by atoms with Crippen LogP contribution < -0.4 is 4.90 Å². The summed E-state index contributed by atoms with van der Waals surface area (Å²) in [5.74, 6) is 0. The van der Waals surface area contributed by atoms with Crippen molar-refractivity contribution in [3.8, 4) is 0 Å². The zero-order valence-corrected chi connectivity index (χ0v) is 11.0. The van der Waals surface area contributed by atoms with E-state index in [-0.39, 0.29) is 4.82 Å². The molecular formula is C11H12BrClN2O. The SMILES string of the molecule is O=C(Br)N1CCN(c2cccc(Cl)c2)CC1. The third-order valence-corrected chi connectivity index (χ3v) is 3.44. The summed E-state index contributed by atoms with van der Waals surface area (Å²) in [4.78, 5) is 15.1. The lowest BCUT2D eigenvalue weighted by atomic mass is 10.2. The van der Waals surface area contributed by atoms with Crippen molar-refractivity contribution >= 4 is 38.0 Å². The molecular weight excluding hydrogens is 291 g/mol. The van der Waals surface area contributed by atoms with E-state index in [2.05, 4.69) is 20.8 Å². The molecule has 0 aromatic heterocycles. The highest BCUT2D eigenvalue weighted by Gasteiger charge is 2.19. The first-order valence-electron chi connectivity index (χ1n) is 5.12. The second kappa shape index (κ2) is 5.06. The van der Waals surface area contributed by atoms with Crippen molar-refractivity contribution in [2.45, 2.75) is 0 Å². The molecule has 1 aromatic carbocycles. The van der Waals surface area contributed by atoms with Gasteiger partial charge in [0.1, 0.15) is 0 Å². The molecule has 1 amide bonds. The van der Waals surface area contributed by atoms with Crippen LogP contribution in [0, 0.1) is 0 Å². The van der Waals surface area contributed by atoms with E-state index >= 15 is 0 Å². The number of carbonyl (C=O) groups excluding carboxylic acids is 1. The van der Waals surface area contributed by atoms with Crippen LogP contribution in [0.15, 0.2) is 24.3 Å². The highest BCUT2D eigenvalue weighted by molar-refractivity contribution is 9.18. The Bertz CT molecular complexity index is 391. The van der Waals surface area contributed by atoms with Crippen molar-refractivity contribution in [3.63, 3.8) is 0 Å². The predicted octanol–water partition coefficient (Wildman–Crippen LogP) is 2.98. The van der Waals surface area contributed by atoms with Gasteiger partial charge in [0, 0.05) is 52.8 Å². The molecule has 3 nitrogen and oxygen atoms in total. The second-order valence-electron chi connectivity index (χ2n) is 3.71. The van der Waals surface area contributed by atoms with Crippen LogP contribution in [-0.4, -0.2) is 35.9 Å². The molecule has 0 aliphatic carbocycles. The second-order valence-corrected chi connectivity index (χ2v) is 4.82. The Kier molecular flexibility index (Phi) is 3.71. The third-order valence-electron chi connectivity index (χ3n) is 2.70. The van der Waals surface area contributed by atoms with E-state index in [1.165, 1.54) is 0 Å². The van der Waals surface area contributed by atoms with E-state index in [1.807, 2.05) is 24.3 Å². The maximum atomic E-state index is 11.1. The minimum Gasteiger partial charge on any atom is -0.368 e. The van der Waals surface area contributed by atoms with Crippen molar-refractivity contribution in [1.82, 2.24) is 4.90 Å². The lowest BCUT2D eigenvalue weighted by Crippen LogP contribution is -2.47. The number of hydrogen-bond acceptors (Lipinski definition) is 2. The summed E-state index contributed by atoms with van der Waals surface area (Å²) >= 11 is 8.92. The molecule has 1 aliphatic rings. The maximum Gasteiger partial charge on any atom is 0.289 e. The molecule has 0 bridgehead atoms. The van der Waals surface area contributed by atoms with Gasteiger partial charge in [-0.1, -0.05) is 17.7 Å². The van der Waals surface area contributed by atoms with E-state index in [9.17, 15) is 4.79 Å². The van der Waals surface area contributed by atoms with Crippen LogP contribution in [0.4, 0.5) is 10.5 Å². The topological polar surface area (TPSA) is 23.6 Å². The molecule has 1 aliphatic heterocycles. The van der Waals surface area contributed by atoms with Crippen LogP contribution in [0.25, 0.3) is 0 Å². The molecule has 1 saturated heterocycles. The summed E-state index contributed by atoms with van der Waals surface area (Å²) in [5, 5.41) is 0.747. The zero-order chi connectivity index (χ0) is 11.5. The van der Waals surface area contributed by atoms with Gasteiger partial charge >= 0.3 is 0 Å². The Morgan fingerprint density at radius 3 is 2.50 bits per heavy atom. The molecule has 2 rings (SSSR count). The van der Waals surface area contributed by atoms with E-state index < -0.39 is 0 Å². The highest BCUT2D eigenvalue weighted by atomic mass is 79.9. The van der Waals surface area contributed by atoms with Gasteiger partial charge in [0.15, 0.2) is 0 Å². The molecule has 5 heteroatoms. The Balaban J connectivity index is 2.01. The number of halogens is 2. The summed E-state index contributed by atoms with van der Waals surface area (Å²) in [6, 6.07) is 7.80. The Morgan fingerprint density at radius 1 is 1.25 bits per heavy atom. The first-order valence-corrected chi connectivity index (χ1v) is 6.29. The van der Waals surface area contributed by atoms with Gasteiger partial charge in [-0.05, 0) is 18.2 Å². The summed E-state index contributed by atoms with van der Waals surface area (Å²) in [5.41, 5.74) is 1.12. The number of piperazine rings is 1. The molecule has 16 heavy (non-hydrogen) atoms. The Morgan fingerprint density at radius 2 is 1.94 bits per heavy atom. The van der Waals surface area contributed by atoms with Gasteiger partial charge in [-0.25, -0.2) is 0 Å².